The van der Waals surface area contributed by atoms with Gasteiger partial charge in [0.15, 0.2) is 0 Å². The number of rotatable bonds is 5. The SMILES string of the molecule is CC1(OCCOc2cccc(Br)c2)CNC1. The van der Waals surface area contributed by atoms with Crippen LogP contribution in [-0.2, 0) is 4.74 Å². The van der Waals surface area contributed by atoms with Crippen molar-refractivity contribution in [2.45, 2.75) is 12.5 Å². The molecule has 16 heavy (non-hydrogen) atoms. The fourth-order valence-corrected chi connectivity index (χ4v) is 1.96. The van der Waals surface area contributed by atoms with Gasteiger partial charge in [0.25, 0.3) is 0 Å². The zero-order valence-electron chi connectivity index (χ0n) is 9.33. The van der Waals surface area contributed by atoms with Crippen molar-refractivity contribution < 1.29 is 9.47 Å². The molecule has 0 aliphatic carbocycles. The molecule has 0 atom stereocenters. The molecule has 1 aliphatic heterocycles. The quantitative estimate of drug-likeness (QED) is 0.842. The Morgan fingerprint density at radius 2 is 2.19 bits per heavy atom. The lowest BCUT2D eigenvalue weighted by Crippen LogP contribution is -2.59. The highest BCUT2D eigenvalue weighted by molar-refractivity contribution is 9.10. The first-order valence-corrected chi connectivity index (χ1v) is 6.20. The second-order valence-corrected chi connectivity index (χ2v) is 5.12. The molecule has 1 fully saturated rings. The summed E-state index contributed by atoms with van der Waals surface area (Å²) in [6, 6.07) is 7.83. The largest absolute Gasteiger partial charge is 0.491 e. The van der Waals surface area contributed by atoms with Gasteiger partial charge in [-0.25, -0.2) is 0 Å². The second-order valence-electron chi connectivity index (χ2n) is 4.21. The minimum Gasteiger partial charge on any atom is -0.491 e. The van der Waals surface area contributed by atoms with Crippen molar-refractivity contribution in [2.75, 3.05) is 26.3 Å². The average molecular weight is 286 g/mol. The van der Waals surface area contributed by atoms with Crippen molar-refractivity contribution in [3.8, 4) is 5.75 Å². The van der Waals surface area contributed by atoms with Crippen LogP contribution in [0.4, 0.5) is 0 Å². The van der Waals surface area contributed by atoms with Crippen LogP contribution < -0.4 is 10.1 Å². The lowest BCUT2D eigenvalue weighted by atomic mass is 10.0. The van der Waals surface area contributed by atoms with E-state index in [4.69, 9.17) is 9.47 Å². The molecule has 1 N–H and O–H groups in total. The summed E-state index contributed by atoms with van der Waals surface area (Å²) in [5.41, 5.74) is 0.0145. The van der Waals surface area contributed by atoms with Crippen LogP contribution in [0.2, 0.25) is 0 Å². The molecule has 0 bridgehead atoms. The van der Waals surface area contributed by atoms with E-state index in [0.29, 0.717) is 13.2 Å². The molecule has 0 radical (unpaired) electrons. The zero-order chi connectivity index (χ0) is 11.4. The Morgan fingerprint density at radius 3 is 2.81 bits per heavy atom. The van der Waals surface area contributed by atoms with Gasteiger partial charge in [0, 0.05) is 17.6 Å². The molecule has 4 heteroatoms. The van der Waals surface area contributed by atoms with Gasteiger partial charge in [-0.05, 0) is 25.1 Å². The van der Waals surface area contributed by atoms with Crippen LogP contribution in [0.5, 0.6) is 5.75 Å². The Hall–Kier alpha value is -0.580. The smallest absolute Gasteiger partial charge is 0.120 e. The highest BCUT2D eigenvalue weighted by Gasteiger charge is 2.32. The van der Waals surface area contributed by atoms with E-state index < -0.39 is 0 Å². The molecule has 0 amide bonds. The van der Waals surface area contributed by atoms with Crippen molar-refractivity contribution in [3.63, 3.8) is 0 Å². The molecule has 0 spiro atoms. The lowest BCUT2D eigenvalue weighted by Gasteiger charge is -2.39. The molecule has 0 aromatic heterocycles. The monoisotopic (exact) mass is 285 g/mol. The predicted octanol–water partition coefficient (Wildman–Crippen LogP) is 2.21. The maximum Gasteiger partial charge on any atom is 0.120 e. The number of hydrogen-bond acceptors (Lipinski definition) is 3. The van der Waals surface area contributed by atoms with Gasteiger partial charge in [-0.15, -0.1) is 0 Å². The van der Waals surface area contributed by atoms with Crippen LogP contribution >= 0.6 is 15.9 Å². The standard InChI is InChI=1S/C12H16BrNO2/c1-12(8-14-9-12)16-6-5-15-11-4-2-3-10(13)7-11/h2-4,7,14H,5-6,8-9H2,1H3. The summed E-state index contributed by atoms with van der Waals surface area (Å²) in [5, 5.41) is 3.20. The minimum absolute atomic E-state index is 0.0145. The summed E-state index contributed by atoms with van der Waals surface area (Å²) in [6.07, 6.45) is 0. The van der Waals surface area contributed by atoms with E-state index in [1.165, 1.54) is 0 Å². The molecule has 1 heterocycles. The summed E-state index contributed by atoms with van der Waals surface area (Å²) >= 11 is 3.40. The first kappa shape index (κ1) is 11.9. The van der Waals surface area contributed by atoms with Gasteiger partial charge >= 0.3 is 0 Å². The van der Waals surface area contributed by atoms with Crippen LogP contribution in [0.3, 0.4) is 0 Å². The van der Waals surface area contributed by atoms with E-state index in [0.717, 1.165) is 23.3 Å². The number of benzene rings is 1. The summed E-state index contributed by atoms with van der Waals surface area (Å²) in [7, 11) is 0. The third-order valence-corrected chi connectivity index (χ3v) is 3.09. The summed E-state index contributed by atoms with van der Waals surface area (Å²) in [5.74, 6) is 0.870. The van der Waals surface area contributed by atoms with E-state index in [9.17, 15) is 0 Å². The first-order chi connectivity index (χ1) is 7.68. The second kappa shape index (κ2) is 5.17. The fourth-order valence-electron chi connectivity index (χ4n) is 1.58. The van der Waals surface area contributed by atoms with Gasteiger partial charge in [0.2, 0.25) is 0 Å². The van der Waals surface area contributed by atoms with Gasteiger partial charge in [-0.2, -0.15) is 0 Å². The number of halogens is 1. The van der Waals surface area contributed by atoms with Crippen molar-refractivity contribution >= 4 is 15.9 Å². The normalized spacial score (nSPS) is 17.9. The van der Waals surface area contributed by atoms with Crippen LogP contribution in [0.15, 0.2) is 28.7 Å². The average Bonchev–Trinajstić information content (AvgIpc) is 2.22. The topological polar surface area (TPSA) is 30.5 Å². The van der Waals surface area contributed by atoms with Crippen LogP contribution in [0, 0.1) is 0 Å². The first-order valence-electron chi connectivity index (χ1n) is 5.41. The highest BCUT2D eigenvalue weighted by atomic mass is 79.9. The molecular weight excluding hydrogens is 270 g/mol. The van der Waals surface area contributed by atoms with E-state index in [1.54, 1.807) is 0 Å². The molecule has 1 aromatic rings. The zero-order valence-corrected chi connectivity index (χ0v) is 10.9. The van der Waals surface area contributed by atoms with E-state index in [1.807, 2.05) is 24.3 Å². The number of nitrogens with one attached hydrogen (secondary N) is 1. The van der Waals surface area contributed by atoms with Crippen LogP contribution in [0.25, 0.3) is 0 Å². The molecule has 0 saturated carbocycles. The van der Waals surface area contributed by atoms with Crippen molar-refractivity contribution in [2.24, 2.45) is 0 Å². The molecule has 1 aromatic carbocycles. The Bertz CT molecular complexity index is 353. The maximum absolute atomic E-state index is 5.72. The summed E-state index contributed by atoms with van der Waals surface area (Å²) < 4.78 is 12.3. The summed E-state index contributed by atoms with van der Waals surface area (Å²) in [4.78, 5) is 0. The number of ether oxygens (including phenoxy) is 2. The van der Waals surface area contributed by atoms with Gasteiger partial charge in [-0.3, -0.25) is 0 Å². The van der Waals surface area contributed by atoms with E-state index in [-0.39, 0.29) is 5.60 Å². The Kier molecular flexibility index (Phi) is 3.84. The van der Waals surface area contributed by atoms with Gasteiger partial charge in [-0.1, -0.05) is 22.0 Å². The van der Waals surface area contributed by atoms with E-state index >= 15 is 0 Å². The van der Waals surface area contributed by atoms with Crippen molar-refractivity contribution in [1.82, 2.24) is 5.32 Å². The molecule has 0 unspecified atom stereocenters. The highest BCUT2D eigenvalue weighted by Crippen LogP contribution is 2.18. The van der Waals surface area contributed by atoms with Gasteiger partial charge < -0.3 is 14.8 Å². The fraction of sp³-hybridized carbons (Fsp3) is 0.500. The third kappa shape index (κ3) is 3.20. The summed E-state index contributed by atoms with van der Waals surface area (Å²) in [6.45, 7) is 5.20. The van der Waals surface area contributed by atoms with Crippen molar-refractivity contribution in [1.29, 1.82) is 0 Å². The number of hydrogen-bond donors (Lipinski definition) is 1. The molecule has 2 rings (SSSR count). The maximum atomic E-state index is 5.72. The Labute approximate surface area is 104 Å². The molecule has 88 valence electrons. The van der Waals surface area contributed by atoms with Crippen molar-refractivity contribution in [3.05, 3.63) is 28.7 Å². The Morgan fingerprint density at radius 1 is 1.38 bits per heavy atom. The lowest BCUT2D eigenvalue weighted by molar-refractivity contribution is -0.0745. The molecule has 1 saturated heterocycles. The van der Waals surface area contributed by atoms with Gasteiger partial charge in [0.05, 0.1) is 12.2 Å². The molecule has 1 aliphatic rings. The van der Waals surface area contributed by atoms with E-state index in [2.05, 4.69) is 28.2 Å². The molecular formula is C12H16BrNO2. The third-order valence-electron chi connectivity index (χ3n) is 2.60. The van der Waals surface area contributed by atoms with Crippen LogP contribution in [-0.4, -0.2) is 31.9 Å². The van der Waals surface area contributed by atoms with Gasteiger partial charge in [0.1, 0.15) is 12.4 Å². The van der Waals surface area contributed by atoms with Crippen LogP contribution in [0.1, 0.15) is 6.92 Å². The Balaban J connectivity index is 1.68. The predicted molar refractivity (Wildman–Crippen MR) is 66.9 cm³/mol. The minimum atomic E-state index is 0.0145. The molecule has 3 nitrogen and oxygen atoms in total.